The van der Waals surface area contributed by atoms with E-state index < -0.39 is 229 Å². The molecule has 1 fully saturated rings. The van der Waals surface area contributed by atoms with Crippen molar-refractivity contribution >= 4 is 82.7 Å². The number of likely N-dealkylation sites (N-methyl/N-ethyl adjacent to an activating group) is 6. The number of nitrogens with zero attached hydrogens (tertiary/aromatic N) is 6. The molecule has 2 rings (SSSR count). The Morgan fingerprint density at radius 1 is 0.367 bits per heavy atom. The lowest BCUT2D eigenvalue weighted by atomic mass is 9.98. The van der Waals surface area contributed by atoms with Crippen LogP contribution >= 0.6 is 0 Å². The summed E-state index contributed by atoms with van der Waals surface area (Å²) >= 11 is 0. The van der Waals surface area contributed by atoms with E-state index in [4.69, 9.17) is 0 Å². The van der Waals surface area contributed by atoms with Crippen LogP contribution in [-0.4, -0.2) is 286 Å². The molecular formula is C66H110N14O18. The number of hydrogen-bond donors (Lipinski definition) is 12. The fraction of sp³-hybridized carbons (Fsp3) is 0.697. The van der Waals surface area contributed by atoms with Crippen LogP contribution in [0.25, 0.3) is 0 Å². The van der Waals surface area contributed by atoms with Crippen molar-refractivity contribution < 1.29 is 87.5 Å². The lowest BCUT2D eigenvalue weighted by molar-refractivity contribution is -0.152. The molecule has 1 aromatic carbocycles. The Morgan fingerprint density at radius 3 is 1.05 bits per heavy atom. The van der Waals surface area contributed by atoms with Crippen molar-refractivity contribution in [1.29, 1.82) is 0 Å². The van der Waals surface area contributed by atoms with E-state index in [-0.39, 0.29) is 6.42 Å². The zero-order valence-electron chi connectivity index (χ0n) is 60.7. The largest absolute Gasteiger partial charge is 0.394 e. The molecule has 1 aliphatic rings. The molecule has 1 heterocycles. The van der Waals surface area contributed by atoms with Gasteiger partial charge in [0.05, 0.1) is 38.5 Å². The molecule has 0 aromatic heterocycles. The molecule has 12 N–H and O–H groups in total. The van der Waals surface area contributed by atoms with Crippen molar-refractivity contribution in [3.8, 4) is 0 Å². The molecular weight excluding hydrogens is 1280 g/mol. The van der Waals surface area contributed by atoms with Crippen LogP contribution in [0.4, 0.5) is 0 Å². The second kappa shape index (κ2) is 38.7. The van der Waals surface area contributed by atoms with Crippen LogP contribution in [0, 0.1) is 35.5 Å². The van der Waals surface area contributed by atoms with Gasteiger partial charge in [-0.05, 0) is 61.8 Å². The summed E-state index contributed by atoms with van der Waals surface area (Å²) in [5.41, 5.74) is 0.573. The molecule has 1 aliphatic heterocycles. The fourth-order valence-corrected chi connectivity index (χ4v) is 11.2. The van der Waals surface area contributed by atoms with E-state index in [0.29, 0.717) is 5.56 Å². The Balaban J connectivity index is 2.83. The Hall–Kier alpha value is -8.36. The van der Waals surface area contributed by atoms with Crippen molar-refractivity contribution in [1.82, 2.24) is 71.9 Å². The van der Waals surface area contributed by atoms with Crippen molar-refractivity contribution in [2.24, 2.45) is 35.5 Å². The topological polar surface area (TPSA) is 436 Å². The summed E-state index contributed by atoms with van der Waals surface area (Å²) < 4.78 is 0. The Morgan fingerprint density at radius 2 is 0.694 bits per heavy atom. The number of aliphatic hydroxyl groups is 4. The molecule has 1 saturated heterocycles. The fourth-order valence-electron chi connectivity index (χ4n) is 11.2. The number of benzene rings is 1. The first-order chi connectivity index (χ1) is 45.4. The number of nitrogens with one attached hydrogen (secondary N) is 8. The second-order valence-electron chi connectivity index (χ2n) is 27.3. The van der Waals surface area contributed by atoms with Crippen LogP contribution in [0.3, 0.4) is 0 Å². The van der Waals surface area contributed by atoms with Gasteiger partial charge in [0, 0.05) is 48.7 Å². The average molecular weight is 1390 g/mol. The highest BCUT2D eigenvalue weighted by Gasteiger charge is 2.45. The predicted molar refractivity (Wildman–Crippen MR) is 359 cm³/mol. The van der Waals surface area contributed by atoms with E-state index in [1.165, 1.54) is 63.1 Å². The van der Waals surface area contributed by atoms with Crippen molar-refractivity contribution in [3.63, 3.8) is 0 Å². The zero-order chi connectivity index (χ0) is 75.4. The molecule has 0 bridgehead atoms. The van der Waals surface area contributed by atoms with E-state index >= 15 is 0 Å². The van der Waals surface area contributed by atoms with Crippen molar-refractivity contribution in [2.75, 3.05) is 68.6 Å². The first kappa shape index (κ1) is 85.7. The van der Waals surface area contributed by atoms with Gasteiger partial charge in [0.2, 0.25) is 82.7 Å². The third-order valence-electron chi connectivity index (χ3n) is 17.5. The molecule has 32 heteroatoms. The van der Waals surface area contributed by atoms with Crippen LogP contribution in [0.1, 0.15) is 109 Å². The summed E-state index contributed by atoms with van der Waals surface area (Å²) in [6, 6.07) is -9.59. The number of hydrogen-bond acceptors (Lipinski definition) is 18. The van der Waals surface area contributed by atoms with Gasteiger partial charge in [0.1, 0.15) is 72.5 Å². The van der Waals surface area contributed by atoms with Gasteiger partial charge in [0.25, 0.3) is 0 Å². The SMILES string of the molecule is CC(C)[C@@H]1NC(=O)[C@H]([C@@H](C)O)N(C)C(=O)[C@H](C(C)C)NC(=O)[C@H]([C@@H](C)O)N(C)C(=O)[C@H](C(C)C)NC(=O)CNC(=O)[C@@H](Cc2ccccc2)N(C)C(=O)[C@H](C(C)C)NC(=O)[C@H](CO)NC(=O)[C@H](C(C)C)N(C)C(=O)[C@H](CO)N(C)C(=O)[C@H](C(C)C)NC(=O)CNC(=O)[C@@H](C)N(C)C1=O. The number of aliphatic hydroxyl groups excluding tert-OH is 4. The average Bonchev–Trinajstić information content (AvgIpc) is 0.828. The van der Waals surface area contributed by atoms with E-state index in [9.17, 15) is 87.5 Å². The Bertz CT molecular complexity index is 2960. The quantitative estimate of drug-likeness (QED) is 0.0950. The van der Waals surface area contributed by atoms with E-state index in [0.717, 1.165) is 29.4 Å². The van der Waals surface area contributed by atoms with Gasteiger partial charge in [-0.25, -0.2) is 0 Å². The first-order valence-corrected chi connectivity index (χ1v) is 33.0. The molecule has 32 nitrogen and oxygen atoms in total. The van der Waals surface area contributed by atoms with E-state index in [2.05, 4.69) is 42.5 Å². The van der Waals surface area contributed by atoms with Gasteiger partial charge in [-0.3, -0.25) is 67.1 Å². The second-order valence-corrected chi connectivity index (χ2v) is 27.3. The number of amides is 14. The highest BCUT2D eigenvalue weighted by Crippen LogP contribution is 2.20. The minimum Gasteiger partial charge on any atom is -0.394 e. The number of carbonyl (C=O) groups excluding carboxylic acids is 14. The van der Waals surface area contributed by atoms with Gasteiger partial charge in [0.15, 0.2) is 0 Å². The van der Waals surface area contributed by atoms with Crippen LogP contribution in [0.5, 0.6) is 0 Å². The van der Waals surface area contributed by atoms with Crippen molar-refractivity contribution in [3.05, 3.63) is 35.9 Å². The van der Waals surface area contributed by atoms with Gasteiger partial charge in [-0.15, -0.1) is 0 Å². The van der Waals surface area contributed by atoms with Gasteiger partial charge < -0.3 is 92.4 Å². The van der Waals surface area contributed by atoms with Gasteiger partial charge >= 0.3 is 0 Å². The Labute approximate surface area is 575 Å². The molecule has 0 aliphatic carbocycles. The summed E-state index contributed by atoms with van der Waals surface area (Å²) in [5.74, 6) is -17.1. The molecule has 0 radical (unpaired) electrons. The standard InChI is InChI=1S/C66H110N14O18/c1-32(2)47-63(95)77(18)44(31-82)61(93)78(19)52(37(11)12)58(90)69-42(30-81)56(88)72-50(35(7)8)64(96)76(17)43(27-41-25-23-22-24-26-41)57(89)68-29-46(86)71-48(33(3)4)65(97)79(20)53(39(14)83)60(92)74-51(36(9)10)66(98)80(21)54(40(15)84)59(91)73-49(34(5)6)62(94)75(16)38(13)55(87)67-28-45(85)70-47/h22-26,32-40,42-44,47-54,81-84H,27-31H2,1-21H3,(H,67,87)(H,68,89)(H,69,90)(H,70,85)(H,71,86)(H,72,88)(H,73,91)(H,74,92)/t38-,39-,40-,42+,43-,44+,47+,48+,49+,50+,51+,52+,53+,54+/m1/s1. The maximum Gasteiger partial charge on any atom is 0.248 e. The molecule has 0 unspecified atom stereocenters. The first-order valence-electron chi connectivity index (χ1n) is 33.0. The summed E-state index contributed by atoms with van der Waals surface area (Å²) in [4.78, 5) is 204. The lowest BCUT2D eigenvalue weighted by Crippen LogP contribution is -2.64. The van der Waals surface area contributed by atoms with E-state index in [1.54, 1.807) is 113 Å². The highest BCUT2D eigenvalue weighted by molar-refractivity contribution is 6.00. The molecule has 0 spiro atoms. The van der Waals surface area contributed by atoms with Crippen LogP contribution in [0.2, 0.25) is 0 Å². The molecule has 98 heavy (non-hydrogen) atoms. The summed E-state index contributed by atoms with van der Waals surface area (Å²) in [7, 11) is 7.32. The summed E-state index contributed by atoms with van der Waals surface area (Å²) in [5, 5.41) is 63.7. The molecule has 14 amide bonds. The van der Waals surface area contributed by atoms with Gasteiger partial charge in [-0.1, -0.05) is 113 Å². The monoisotopic (exact) mass is 1390 g/mol. The summed E-state index contributed by atoms with van der Waals surface area (Å²) in [6.45, 7) is 19.1. The molecule has 0 saturated carbocycles. The minimum atomic E-state index is -1.75. The minimum absolute atomic E-state index is 0.126. The van der Waals surface area contributed by atoms with Crippen LogP contribution in [0.15, 0.2) is 30.3 Å². The molecule has 14 atom stereocenters. The van der Waals surface area contributed by atoms with Crippen molar-refractivity contribution in [2.45, 2.75) is 195 Å². The van der Waals surface area contributed by atoms with Crippen LogP contribution < -0.4 is 42.5 Å². The zero-order valence-corrected chi connectivity index (χ0v) is 60.7. The molecule has 552 valence electrons. The number of rotatable bonds is 12. The highest BCUT2D eigenvalue weighted by atomic mass is 16.3. The summed E-state index contributed by atoms with van der Waals surface area (Å²) in [6.07, 6.45) is -3.36. The normalized spacial score (nSPS) is 27.1. The Kier molecular flexibility index (Phi) is 33.9. The lowest BCUT2D eigenvalue weighted by Gasteiger charge is -2.37. The third kappa shape index (κ3) is 22.9. The maximum absolute atomic E-state index is 14.6. The third-order valence-corrected chi connectivity index (χ3v) is 17.5. The smallest absolute Gasteiger partial charge is 0.248 e. The van der Waals surface area contributed by atoms with Gasteiger partial charge in [-0.2, -0.15) is 0 Å². The van der Waals surface area contributed by atoms with Crippen LogP contribution in [-0.2, 0) is 73.5 Å². The van der Waals surface area contributed by atoms with E-state index in [1.807, 2.05) is 0 Å². The predicted octanol–water partition coefficient (Wildman–Crippen LogP) is -3.95. The maximum atomic E-state index is 14.6. The molecule has 1 aromatic rings. The number of carbonyl (C=O) groups is 14.